The summed E-state index contributed by atoms with van der Waals surface area (Å²) in [6.45, 7) is 0. The Hall–Kier alpha value is -1.46. The van der Waals surface area contributed by atoms with Crippen LogP contribution in [-0.2, 0) is 0 Å². The van der Waals surface area contributed by atoms with E-state index in [0.717, 1.165) is 5.56 Å². The van der Waals surface area contributed by atoms with Crippen LogP contribution in [-0.4, -0.2) is 7.11 Å². The van der Waals surface area contributed by atoms with Gasteiger partial charge in [0.15, 0.2) is 0 Å². The second-order valence-corrected chi connectivity index (χ2v) is 2.76. The number of nitriles is 1. The van der Waals surface area contributed by atoms with Gasteiger partial charge in [-0.05, 0) is 23.8 Å². The Morgan fingerprint density at radius 2 is 2.31 bits per heavy atom. The van der Waals surface area contributed by atoms with Crippen LogP contribution in [0.2, 0.25) is 5.02 Å². The number of ether oxygens (including phenoxy) is 1. The molecule has 0 atom stereocenters. The molecule has 0 aliphatic heterocycles. The fourth-order valence-corrected chi connectivity index (χ4v) is 1.19. The van der Waals surface area contributed by atoms with Gasteiger partial charge in [0.05, 0.1) is 18.2 Å². The Labute approximate surface area is 82.0 Å². The van der Waals surface area contributed by atoms with Crippen LogP contribution in [0.4, 0.5) is 0 Å². The van der Waals surface area contributed by atoms with E-state index in [4.69, 9.17) is 21.6 Å². The monoisotopic (exact) mass is 193 g/mol. The zero-order chi connectivity index (χ0) is 9.68. The van der Waals surface area contributed by atoms with Crippen molar-refractivity contribution >= 4 is 17.7 Å². The first-order valence-electron chi connectivity index (χ1n) is 3.67. The molecule has 0 amide bonds. The summed E-state index contributed by atoms with van der Waals surface area (Å²) in [5.41, 5.74) is 0.882. The molecular weight excluding hydrogens is 186 g/mol. The fraction of sp³-hybridized carbons (Fsp3) is 0.100. The number of benzene rings is 1. The summed E-state index contributed by atoms with van der Waals surface area (Å²) < 4.78 is 4.98. The first-order chi connectivity index (χ1) is 6.27. The van der Waals surface area contributed by atoms with Gasteiger partial charge in [0, 0.05) is 6.08 Å². The SMILES string of the molecule is COc1ccc(C=CC#N)cc1Cl. The van der Waals surface area contributed by atoms with Crippen LogP contribution in [0.1, 0.15) is 5.56 Å². The molecule has 3 heteroatoms. The van der Waals surface area contributed by atoms with E-state index >= 15 is 0 Å². The van der Waals surface area contributed by atoms with E-state index in [1.54, 1.807) is 25.3 Å². The molecule has 0 saturated heterocycles. The van der Waals surface area contributed by atoms with Crippen molar-refractivity contribution in [3.05, 3.63) is 34.9 Å². The fourth-order valence-electron chi connectivity index (χ4n) is 0.920. The van der Waals surface area contributed by atoms with Crippen LogP contribution >= 0.6 is 11.6 Å². The first-order valence-corrected chi connectivity index (χ1v) is 4.05. The van der Waals surface area contributed by atoms with Gasteiger partial charge in [-0.3, -0.25) is 0 Å². The topological polar surface area (TPSA) is 33.0 Å². The second kappa shape index (κ2) is 4.54. The Morgan fingerprint density at radius 1 is 1.54 bits per heavy atom. The summed E-state index contributed by atoms with van der Waals surface area (Å²) in [5, 5.41) is 8.85. The molecule has 0 unspecified atom stereocenters. The van der Waals surface area contributed by atoms with Crippen molar-refractivity contribution in [1.29, 1.82) is 5.26 Å². The molecule has 1 aromatic rings. The highest BCUT2D eigenvalue weighted by Crippen LogP contribution is 2.25. The summed E-state index contributed by atoms with van der Waals surface area (Å²) in [5.74, 6) is 0.635. The molecule has 0 saturated carbocycles. The van der Waals surface area contributed by atoms with Crippen molar-refractivity contribution in [3.63, 3.8) is 0 Å². The minimum atomic E-state index is 0.544. The number of halogens is 1. The molecule has 0 fully saturated rings. The third-order valence-corrected chi connectivity index (χ3v) is 1.82. The molecule has 66 valence electrons. The van der Waals surface area contributed by atoms with Gasteiger partial charge >= 0.3 is 0 Å². The third kappa shape index (κ3) is 2.50. The Morgan fingerprint density at radius 3 is 2.85 bits per heavy atom. The highest BCUT2D eigenvalue weighted by Gasteiger charge is 1.98. The number of rotatable bonds is 2. The maximum Gasteiger partial charge on any atom is 0.137 e. The number of hydrogen-bond donors (Lipinski definition) is 0. The smallest absolute Gasteiger partial charge is 0.137 e. The average Bonchev–Trinajstić information content (AvgIpc) is 2.15. The summed E-state index contributed by atoms with van der Waals surface area (Å²) >= 11 is 5.87. The maximum absolute atomic E-state index is 8.30. The molecule has 0 heterocycles. The van der Waals surface area contributed by atoms with Gasteiger partial charge < -0.3 is 4.74 Å². The normalized spacial score (nSPS) is 9.92. The highest BCUT2D eigenvalue weighted by molar-refractivity contribution is 6.32. The summed E-state index contributed by atoms with van der Waals surface area (Å²) in [6, 6.07) is 7.25. The van der Waals surface area contributed by atoms with E-state index < -0.39 is 0 Å². The van der Waals surface area contributed by atoms with Gasteiger partial charge in [0.25, 0.3) is 0 Å². The predicted molar refractivity (Wildman–Crippen MR) is 52.7 cm³/mol. The quantitative estimate of drug-likeness (QED) is 0.677. The summed E-state index contributed by atoms with van der Waals surface area (Å²) in [4.78, 5) is 0. The maximum atomic E-state index is 8.30. The zero-order valence-corrected chi connectivity index (χ0v) is 7.88. The molecule has 0 aliphatic carbocycles. The lowest BCUT2D eigenvalue weighted by molar-refractivity contribution is 0.415. The molecule has 0 aromatic heterocycles. The first kappa shape index (κ1) is 9.63. The van der Waals surface area contributed by atoms with Gasteiger partial charge in [-0.1, -0.05) is 17.7 Å². The lowest BCUT2D eigenvalue weighted by Gasteiger charge is -2.02. The number of allylic oxidation sites excluding steroid dienone is 1. The Bertz CT molecular complexity index is 366. The van der Waals surface area contributed by atoms with E-state index in [2.05, 4.69) is 0 Å². The Kier molecular flexibility index (Phi) is 3.36. The zero-order valence-electron chi connectivity index (χ0n) is 7.12. The molecule has 1 aromatic carbocycles. The second-order valence-electron chi connectivity index (χ2n) is 2.36. The third-order valence-electron chi connectivity index (χ3n) is 1.53. The van der Waals surface area contributed by atoms with E-state index in [9.17, 15) is 0 Å². The molecule has 0 aliphatic rings. The molecule has 2 nitrogen and oxygen atoms in total. The van der Waals surface area contributed by atoms with Gasteiger partial charge in [-0.25, -0.2) is 0 Å². The number of methoxy groups -OCH3 is 1. The van der Waals surface area contributed by atoms with Crippen LogP contribution in [0.15, 0.2) is 24.3 Å². The van der Waals surface area contributed by atoms with Crippen LogP contribution in [0.5, 0.6) is 5.75 Å². The van der Waals surface area contributed by atoms with Crippen molar-refractivity contribution in [2.24, 2.45) is 0 Å². The molecule has 1 rings (SSSR count). The van der Waals surface area contributed by atoms with Gasteiger partial charge in [-0.2, -0.15) is 5.26 Å². The van der Waals surface area contributed by atoms with Gasteiger partial charge in [-0.15, -0.1) is 0 Å². The van der Waals surface area contributed by atoms with Crippen molar-refractivity contribution in [3.8, 4) is 11.8 Å². The minimum Gasteiger partial charge on any atom is -0.495 e. The molecule has 0 bridgehead atoms. The van der Waals surface area contributed by atoms with Crippen molar-refractivity contribution in [2.45, 2.75) is 0 Å². The van der Waals surface area contributed by atoms with Crippen LogP contribution in [0, 0.1) is 11.3 Å². The van der Waals surface area contributed by atoms with E-state index in [1.165, 1.54) is 6.08 Å². The van der Waals surface area contributed by atoms with Crippen LogP contribution < -0.4 is 4.74 Å². The van der Waals surface area contributed by atoms with E-state index in [-0.39, 0.29) is 0 Å². The van der Waals surface area contributed by atoms with Gasteiger partial charge in [0.1, 0.15) is 5.75 Å². The Balaban J connectivity index is 2.97. The van der Waals surface area contributed by atoms with Gasteiger partial charge in [0.2, 0.25) is 0 Å². The molecule has 0 radical (unpaired) electrons. The van der Waals surface area contributed by atoms with Crippen molar-refractivity contribution < 1.29 is 4.74 Å². The summed E-state index contributed by atoms with van der Waals surface area (Å²) in [6.07, 6.45) is 3.09. The van der Waals surface area contributed by atoms with Crippen molar-refractivity contribution in [1.82, 2.24) is 0 Å². The summed E-state index contributed by atoms with van der Waals surface area (Å²) in [7, 11) is 1.56. The van der Waals surface area contributed by atoms with Crippen LogP contribution in [0.25, 0.3) is 6.08 Å². The lowest BCUT2D eigenvalue weighted by Crippen LogP contribution is -1.83. The lowest BCUT2D eigenvalue weighted by atomic mass is 10.2. The molecular formula is C10H8ClNO. The average molecular weight is 194 g/mol. The number of nitrogens with zero attached hydrogens (tertiary/aromatic N) is 1. The standard InChI is InChI=1S/C10H8ClNO/c1-13-10-5-4-8(3-2-6-12)7-9(10)11/h2-5,7H,1H3. The highest BCUT2D eigenvalue weighted by atomic mass is 35.5. The number of hydrogen-bond acceptors (Lipinski definition) is 2. The largest absolute Gasteiger partial charge is 0.495 e. The molecule has 0 spiro atoms. The van der Waals surface area contributed by atoms with Crippen LogP contribution in [0.3, 0.4) is 0 Å². The minimum absolute atomic E-state index is 0.544. The van der Waals surface area contributed by atoms with E-state index in [0.29, 0.717) is 10.8 Å². The predicted octanol–water partition coefficient (Wildman–Crippen LogP) is 2.89. The molecule has 13 heavy (non-hydrogen) atoms. The van der Waals surface area contributed by atoms with E-state index in [1.807, 2.05) is 12.1 Å². The van der Waals surface area contributed by atoms with Crippen molar-refractivity contribution in [2.75, 3.05) is 7.11 Å². The molecule has 0 N–H and O–H groups in total.